The van der Waals surface area contributed by atoms with Gasteiger partial charge in [0.15, 0.2) is 5.82 Å². The molecule has 0 amide bonds. The van der Waals surface area contributed by atoms with Gasteiger partial charge in [-0.25, -0.2) is 9.37 Å². The molecule has 30 heavy (non-hydrogen) atoms. The number of aromatic nitrogens is 4. The van der Waals surface area contributed by atoms with Crippen LogP contribution in [0.2, 0.25) is 0 Å². The molecule has 0 unspecified atom stereocenters. The van der Waals surface area contributed by atoms with E-state index >= 15 is 0 Å². The summed E-state index contributed by atoms with van der Waals surface area (Å²) in [7, 11) is 1.80. The second-order valence-corrected chi connectivity index (χ2v) is 8.27. The topological polar surface area (TPSA) is 46.5 Å². The largest absolute Gasteiger partial charge is 0.417 e. The van der Waals surface area contributed by atoms with Crippen molar-refractivity contribution in [3.8, 4) is 22.6 Å². The predicted octanol–water partition coefficient (Wildman–Crippen LogP) is 6.09. The van der Waals surface area contributed by atoms with E-state index in [9.17, 15) is 17.6 Å². The van der Waals surface area contributed by atoms with Gasteiger partial charge in [0.25, 0.3) is 0 Å². The number of halogens is 4. The first kappa shape index (κ1) is 20.1. The summed E-state index contributed by atoms with van der Waals surface area (Å²) >= 11 is 0. The Bertz CT molecular complexity index is 1240. The Morgan fingerprint density at radius 3 is 2.37 bits per heavy atom. The molecule has 0 aliphatic heterocycles. The molecular weight excluding hydrogens is 396 g/mol. The molecule has 1 N–H and O–H groups in total. The molecule has 156 valence electrons. The van der Waals surface area contributed by atoms with Crippen molar-refractivity contribution in [2.24, 2.45) is 7.05 Å². The van der Waals surface area contributed by atoms with Crippen LogP contribution in [0, 0.1) is 5.82 Å². The fraction of sp³-hybridized carbons (Fsp3) is 0.273. The first-order valence-electron chi connectivity index (χ1n) is 9.36. The number of fused-ring (bicyclic) bond motifs is 1. The summed E-state index contributed by atoms with van der Waals surface area (Å²) in [6, 6.07) is 9.41. The second kappa shape index (κ2) is 6.68. The summed E-state index contributed by atoms with van der Waals surface area (Å²) in [6.07, 6.45) is -4.66. The molecule has 0 aliphatic rings. The van der Waals surface area contributed by atoms with Crippen molar-refractivity contribution in [3.05, 3.63) is 59.5 Å². The van der Waals surface area contributed by atoms with Gasteiger partial charge in [0.2, 0.25) is 0 Å². The van der Waals surface area contributed by atoms with Gasteiger partial charge in [-0.15, -0.1) is 0 Å². The first-order chi connectivity index (χ1) is 13.9. The Morgan fingerprint density at radius 1 is 1.00 bits per heavy atom. The minimum absolute atomic E-state index is 0.128. The fourth-order valence-corrected chi connectivity index (χ4v) is 3.40. The SMILES string of the molecule is Cn1nc(C(C)(C)C)cc1-c1nc2ccc(-c3c(F)cccc3C(F)(F)F)cc2[nH]1. The van der Waals surface area contributed by atoms with Gasteiger partial charge in [0.1, 0.15) is 11.5 Å². The third-order valence-electron chi connectivity index (χ3n) is 4.98. The molecule has 0 spiro atoms. The Hall–Kier alpha value is -3.16. The average Bonchev–Trinajstić information content (AvgIpc) is 3.22. The minimum Gasteiger partial charge on any atom is -0.337 e. The maximum atomic E-state index is 14.4. The predicted molar refractivity (Wildman–Crippen MR) is 107 cm³/mol. The summed E-state index contributed by atoms with van der Waals surface area (Å²) in [5, 5.41) is 4.53. The Morgan fingerprint density at radius 2 is 1.73 bits per heavy atom. The highest BCUT2D eigenvalue weighted by Crippen LogP contribution is 2.39. The highest BCUT2D eigenvalue weighted by atomic mass is 19.4. The number of benzene rings is 2. The lowest BCUT2D eigenvalue weighted by Gasteiger charge is -2.13. The van der Waals surface area contributed by atoms with Crippen molar-refractivity contribution in [1.29, 1.82) is 0 Å². The van der Waals surface area contributed by atoms with Gasteiger partial charge in [0.05, 0.1) is 22.3 Å². The van der Waals surface area contributed by atoms with Crippen molar-refractivity contribution in [2.75, 3.05) is 0 Å². The molecule has 0 saturated carbocycles. The third-order valence-corrected chi connectivity index (χ3v) is 4.98. The summed E-state index contributed by atoms with van der Waals surface area (Å²) < 4.78 is 56.3. The first-order valence-corrected chi connectivity index (χ1v) is 9.36. The summed E-state index contributed by atoms with van der Waals surface area (Å²) in [4.78, 5) is 7.66. The van der Waals surface area contributed by atoms with Crippen LogP contribution in [-0.2, 0) is 18.6 Å². The number of nitrogens with zero attached hydrogens (tertiary/aromatic N) is 3. The van der Waals surface area contributed by atoms with Crippen LogP contribution in [0.4, 0.5) is 17.6 Å². The molecule has 0 atom stereocenters. The number of aryl methyl sites for hydroxylation is 1. The number of H-pyrrole nitrogens is 1. The molecule has 0 aliphatic carbocycles. The van der Waals surface area contributed by atoms with Gasteiger partial charge >= 0.3 is 6.18 Å². The van der Waals surface area contributed by atoms with Crippen LogP contribution in [0.15, 0.2) is 42.5 Å². The van der Waals surface area contributed by atoms with E-state index in [2.05, 4.69) is 35.8 Å². The Kier molecular flexibility index (Phi) is 4.48. The lowest BCUT2D eigenvalue weighted by atomic mass is 9.92. The molecule has 2 aromatic carbocycles. The summed E-state index contributed by atoms with van der Waals surface area (Å²) in [5.41, 5.74) is 1.22. The van der Waals surface area contributed by atoms with Crippen LogP contribution in [0.5, 0.6) is 0 Å². The van der Waals surface area contributed by atoms with Crippen LogP contribution in [0.3, 0.4) is 0 Å². The molecule has 2 aromatic heterocycles. The number of nitrogens with one attached hydrogen (secondary N) is 1. The molecule has 4 nitrogen and oxygen atoms in total. The number of alkyl halides is 3. The highest BCUT2D eigenvalue weighted by Gasteiger charge is 2.35. The lowest BCUT2D eigenvalue weighted by Crippen LogP contribution is -2.12. The Labute approximate surface area is 170 Å². The third kappa shape index (κ3) is 3.46. The van der Waals surface area contributed by atoms with Crippen LogP contribution >= 0.6 is 0 Å². The van der Waals surface area contributed by atoms with E-state index in [0.29, 0.717) is 16.9 Å². The zero-order valence-electron chi connectivity index (χ0n) is 16.9. The summed E-state index contributed by atoms with van der Waals surface area (Å²) in [5.74, 6) is -0.386. The van der Waals surface area contributed by atoms with E-state index in [4.69, 9.17) is 0 Å². The monoisotopic (exact) mass is 416 g/mol. The van der Waals surface area contributed by atoms with E-state index < -0.39 is 23.1 Å². The van der Waals surface area contributed by atoms with E-state index in [1.54, 1.807) is 17.8 Å². The van der Waals surface area contributed by atoms with E-state index in [0.717, 1.165) is 29.6 Å². The van der Waals surface area contributed by atoms with Crippen LogP contribution in [0.1, 0.15) is 32.0 Å². The average molecular weight is 416 g/mol. The number of hydrogen-bond donors (Lipinski definition) is 1. The smallest absolute Gasteiger partial charge is 0.337 e. The van der Waals surface area contributed by atoms with Crippen molar-refractivity contribution < 1.29 is 17.6 Å². The van der Waals surface area contributed by atoms with Gasteiger partial charge in [-0.2, -0.15) is 18.3 Å². The maximum Gasteiger partial charge on any atom is 0.417 e. The molecule has 0 radical (unpaired) electrons. The number of rotatable bonds is 2. The normalized spacial score (nSPS) is 12.7. The Balaban J connectivity index is 1.84. The molecule has 0 bridgehead atoms. The van der Waals surface area contributed by atoms with E-state index in [1.807, 2.05) is 6.07 Å². The van der Waals surface area contributed by atoms with Crippen molar-refractivity contribution in [3.63, 3.8) is 0 Å². The number of imidazole rings is 1. The highest BCUT2D eigenvalue weighted by molar-refractivity contribution is 5.85. The molecule has 0 fully saturated rings. The van der Waals surface area contributed by atoms with Crippen LogP contribution in [-0.4, -0.2) is 19.7 Å². The second-order valence-electron chi connectivity index (χ2n) is 8.27. The van der Waals surface area contributed by atoms with Gasteiger partial charge in [-0.1, -0.05) is 32.9 Å². The molecule has 4 aromatic rings. The molecular formula is C22H20F4N4. The standard InChI is InChI=1S/C22H20F4N4/c1-21(2,3)18-11-17(30(4)29-18)20-27-15-9-8-12(10-16(15)28-20)19-13(22(24,25)26)6-5-7-14(19)23/h5-11H,1-4H3,(H,27,28). The minimum atomic E-state index is -4.66. The maximum absolute atomic E-state index is 14.4. The molecule has 2 heterocycles. The quantitative estimate of drug-likeness (QED) is 0.402. The van der Waals surface area contributed by atoms with Crippen molar-refractivity contribution in [2.45, 2.75) is 32.4 Å². The van der Waals surface area contributed by atoms with Gasteiger partial charge in [-0.05, 0) is 35.9 Å². The van der Waals surface area contributed by atoms with Gasteiger partial charge in [0, 0.05) is 18.0 Å². The molecule has 0 saturated heterocycles. The van der Waals surface area contributed by atoms with Crippen LogP contribution in [0.25, 0.3) is 33.7 Å². The zero-order valence-corrected chi connectivity index (χ0v) is 16.9. The molecule has 4 rings (SSSR count). The zero-order chi connectivity index (χ0) is 21.8. The lowest BCUT2D eigenvalue weighted by molar-refractivity contribution is -0.137. The number of hydrogen-bond acceptors (Lipinski definition) is 2. The fourth-order valence-electron chi connectivity index (χ4n) is 3.40. The van der Waals surface area contributed by atoms with E-state index in [-0.39, 0.29) is 11.0 Å². The van der Waals surface area contributed by atoms with Crippen molar-refractivity contribution in [1.82, 2.24) is 19.7 Å². The van der Waals surface area contributed by atoms with Crippen LogP contribution < -0.4 is 0 Å². The van der Waals surface area contributed by atoms with Gasteiger partial charge < -0.3 is 4.98 Å². The van der Waals surface area contributed by atoms with E-state index in [1.165, 1.54) is 12.1 Å². The van der Waals surface area contributed by atoms with Crippen molar-refractivity contribution >= 4 is 11.0 Å². The molecule has 8 heteroatoms. The number of aromatic amines is 1. The summed E-state index contributed by atoms with van der Waals surface area (Å²) in [6.45, 7) is 6.16. The van der Waals surface area contributed by atoms with Gasteiger partial charge in [-0.3, -0.25) is 4.68 Å².